The van der Waals surface area contributed by atoms with Crippen LogP contribution in [0.2, 0.25) is 0 Å². The molecule has 4 nitrogen and oxygen atoms in total. The van der Waals surface area contributed by atoms with E-state index in [1.54, 1.807) is 12.1 Å². The molecule has 0 saturated heterocycles. The number of nitrogens with zero attached hydrogens (tertiary/aromatic N) is 2. The predicted octanol–water partition coefficient (Wildman–Crippen LogP) is 0.653. The van der Waals surface area contributed by atoms with E-state index >= 15 is 0 Å². The normalized spacial score (nSPS) is 10.2. The van der Waals surface area contributed by atoms with Gasteiger partial charge in [0, 0.05) is 36.0 Å². The second-order valence-electron chi connectivity index (χ2n) is 3.52. The van der Waals surface area contributed by atoms with Crippen LogP contribution in [0.3, 0.4) is 0 Å². The number of aliphatic carboxylic acids is 1. The maximum atomic E-state index is 10.4. The molecule has 0 aliphatic heterocycles. The van der Waals surface area contributed by atoms with E-state index in [2.05, 4.69) is 6.07 Å². The lowest BCUT2D eigenvalue weighted by atomic mass is 10.2. The van der Waals surface area contributed by atoms with Gasteiger partial charge < -0.3 is 14.5 Å². The lowest BCUT2D eigenvalue weighted by molar-refractivity contribution is -0.305. The molecule has 0 atom stereocenters. The first-order chi connectivity index (χ1) is 7.70. The van der Waals surface area contributed by atoms with E-state index < -0.39 is 5.97 Å². The average molecular weight is 213 g/mol. The van der Waals surface area contributed by atoms with Crippen LogP contribution in [0, 0.1) is 11.3 Å². The Labute approximate surface area is 92.3 Å². The Balaban J connectivity index is 2.35. The number of benzene rings is 1. The zero-order valence-electron chi connectivity index (χ0n) is 8.51. The second-order valence-corrected chi connectivity index (χ2v) is 3.52. The molecule has 1 aromatic heterocycles. The van der Waals surface area contributed by atoms with Crippen molar-refractivity contribution in [3.63, 3.8) is 0 Å². The van der Waals surface area contributed by atoms with Gasteiger partial charge in [-0.1, -0.05) is 0 Å². The number of hydrogen-bond acceptors (Lipinski definition) is 3. The van der Waals surface area contributed by atoms with Crippen molar-refractivity contribution in [2.24, 2.45) is 0 Å². The van der Waals surface area contributed by atoms with Crippen molar-refractivity contribution >= 4 is 16.9 Å². The molecule has 2 aromatic rings. The van der Waals surface area contributed by atoms with Crippen molar-refractivity contribution in [2.45, 2.75) is 13.0 Å². The molecule has 0 saturated carbocycles. The molecule has 80 valence electrons. The molecule has 0 fully saturated rings. The molecule has 0 amide bonds. The molecule has 0 spiro atoms. The Morgan fingerprint density at radius 2 is 2.25 bits per heavy atom. The highest BCUT2D eigenvalue weighted by atomic mass is 16.4. The van der Waals surface area contributed by atoms with Crippen LogP contribution < -0.4 is 5.11 Å². The van der Waals surface area contributed by atoms with Crippen LogP contribution in [0.5, 0.6) is 0 Å². The van der Waals surface area contributed by atoms with Crippen molar-refractivity contribution < 1.29 is 9.90 Å². The first-order valence-corrected chi connectivity index (χ1v) is 4.89. The molecule has 0 radical (unpaired) electrons. The number of fused-ring (bicyclic) bond motifs is 1. The topological polar surface area (TPSA) is 68.8 Å². The lowest BCUT2D eigenvalue weighted by Crippen LogP contribution is -2.23. The highest BCUT2D eigenvalue weighted by molar-refractivity contribution is 5.81. The maximum absolute atomic E-state index is 10.4. The van der Waals surface area contributed by atoms with Crippen molar-refractivity contribution in [2.75, 3.05) is 0 Å². The lowest BCUT2D eigenvalue weighted by Gasteiger charge is -2.05. The molecule has 0 bridgehead atoms. The Bertz CT molecular complexity index is 578. The zero-order chi connectivity index (χ0) is 11.5. The molecule has 1 heterocycles. The Morgan fingerprint density at radius 1 is 1.44 bits per heavy atom. The summed E-state index contributed by atoms with van der Waals surface area (Å²) in [4.78, 5) is 10.4. The van der Waals surface area contributed by atoms with Gasteiger partial charge in [0.2, 0.25) is 0 Å². The summed E-state index contributed by atoms with van der Waals surface area (Å²) in [6, 6.07) is 9.26. The van der Waals surface area contributed by atoms with E-state index in [0.717, 1.165) is 10.9 Å². The summed E-state index contributed by atoms with van der Waals surface area (Å²) in [5.41, 5.74) is 1.53. The summed E-state index contributed by atoms with van der Waals surface area (Å²) in [5, 5.41) is 20.0. The number of carboxylic acid groups (broad SMARTS) is 1. The van der Waals surface area contributed by atoms with Crippen molar-refractivity contribution in [3.8, 4) is 6.07 Å². The number of carboxylic acids is 1. The minimum absolute atomic E-state index is 0.0101. The van der Waals surface area contributed by atoms with Crippen LogP contribution in [0.1, 0.15) is 12.0 Å². The maximum Gasteiger partial charge on any atom is 0.0991 e. The molecular weight excluding hydrogens is 204 g/mol. The van der Waals surface area contributed by atoms with Gasteiger partial charge in [-0.15, -0.1) is 0 Å². The summed E-state index contributed by atoms with van der Waals surface area (Å²) >= 11 is 0. The summed E-state index contributed by atoms with van der Waals surface area (Å²) in [7, 11) is 0. The van der Waals surface area contributed by atoms with Gasteiger partial charge >= 0.3 is 0 Å². The fourth-order valence-electron chi connectivity index (χ4n) is 1.68. The fourth-order valence-corrected chi connectivity index (χ4v) is 1.68. The standard InChI is InChI=1S/C12H10N2O2/c13-8-9-1-2-11-10(7-9)3-5-14(11)6-4-12(15)16/h1-3,5,7H,4,6H2,(H,15,16)/p-1. The largest absolute Gasteiger partial charge is 0.550 e. The Morgan fingerprint density at radius 3 is 2.94 bits per heavy atom. The fraction of sp³-hybridized carbons (Fsp3) is 0.167. The average Bonchev–Trinajstić information content (AvgIpc) is 2.68. The predicted molar refractivity (Wildman–Crippen MR) is 56.3 cm³/mol. The highest BCUT2D eigenvalue weighted by Crippen LogP contribution is 2.17. The monoisotopic (exact) mass is 213 g/mol. The number of aromatic nitrogens is 1. The van der Waals surface area contributed by atoms with E-state index in [0.29, 0.717) is 12.1 Å². The molecule has 4 heteroatoms. The van der Waals surface area contributed by atoms with Crippen LogP contribution in [0.15, 0.2) is 30.5 Å². The third-order valence-corrected chi connectivity index (χ3v) is 2.46. The van der Waals surface area contributed by atoms with E-state index in [1.807, 2.05) is 22.9 Å². The third-order valence-electron chi connectivity index (χ3n) is 2.46. The molecule has 1 aromatic carbocycles. The Kier molecular flexibility index (Phi) is 2.61. The van der Waals surface area contributed by atoms with E-state index in [-0.39, 0.29) is 6.42 Å². The van der Waals surface area contributed by atoms with E-state index in [4.69, 9.17) is 5.26 Å². The van der Waals surface area contributed by atoms with Gasteiger partial charge in [0.15, 0.2) is 0 Å². The number of hydrogen-bond donors (Lipinski definition) is 0. The second kappa shape index (κ2) is 4.07. The molecular formula is C12H9N2O2-. The van der Waals surface area contributed by atoms with Crippen LogP contribution in [-0.4, -0.2) is 10.5 Å². The molecule has 16 heavy (non-hydrogen) atoms. The van der Waals surface area contributed by atoms with Crippen molar-refractivity contribution in [3.05, 3.63) is 36.0 Å². The summed E-state index contributed by atoms with van der Waals surface area (Å²) < 4.78 is 1.84. The third kappa shape index (κ3) is 1.89. The SMILES string of the molecule is N#Cc1ccc2c(ccn2CCC(=O)[O-])c1. The van der Waals surface area contributed by atoms with Gasteiger partial charge in [-0.25, -0.2) is 0 Å². The molecule has 0 unspecified atom stereocenters. The number of carbonyl (C=O) groups excluding carboxylic acids is 1. The Hall–Kier alpha value is -2.28. The van der Waals surface area contributed by atoms with Gasteiger partial charge in [-0.3, -0.25) is 0 Å². The smallest absolute Gasteiger partial charge is 0.0991 e. The number of rotatable bonds is 3. The molecule has 2 rings (SSSR count). The van der Waals surface area contributed by atoms with Crippen LogP contribution in [-0.2, 0) is 11.3 Å². The quantitative estimate of drug-likeness (QED) is 0.751. The van der Waals surface area contributed by atoms with Crippen LogP contribution in [0.4, 0.5) is 0 Å². The zero-order valence-corrected chi connectivity index (χ0v) is 8.51. The van der Waals surface area contributed by atoms with Gasteiger partial charge in [-0.05, 0) is 24.3 Å². The molecule has 0 aliphatic carbocycles. The van der Waals surface area contributed by atoms with Crippen LogP contribution in [0.25, 0.3) is 10.9 Å². The van der Waals surface area contributed by atoms with E-state index in [9.17, 15) is 9.90 Å². The summed E-state index contributed by atoms with van der Waals surface area (Å²) in [6.45, 7) is 0.387. The van der Waals surface area contributed by atoms with Gasteiger partial charge in [-0.2, -0.15) is 5.26 Å². The summed E-state index contributed by atoms with van der Waals surface area (Å²) in [5.74, 6) is -1.06. The number of aryl methyl sites for hydroxylation is 1. The minimum atomic E-state index is -1.06. The molecule has 0 aliphatic rings. The van der Waals surface area contributed by atoms with E-state index in [1.165, 1.54) is 0 Å². The molecule has 0 N–H and O–H groups in total. The number of nitriles is 1. The van der Waals surface area contributed by atoms with Gasteiger partial charge in [0.1, 0.15) is 0 Å². The van der Waals surface area contributed by atoms with Gasteiger partial charge in [0.25, 0.3) is 0 Å². The summed E-state index contributed by atoms with van der Waals surface area (Å²) in [6.07, 6.45) is 1.80. The first-order valence-electron chi connectivity index (χ1n) is 4.89. The van der Waals surface area contributed by atoms with Crippen molar-refractivity contribution in [1.29, 1.82) is 5.26 Å². The highest BCUT2D eigenvalue weighted by Gasteiger charge is 2.01. The van der Waals surface area contributed by atoms with Crippen LogP contribution >= 0.6 is 0 Å². The minimum Gasteiger partial charge on any atom is -0.550 e. The first kappa shape index (κ1) is 10.2. The van der Waals surface area contributed by atoms with Gasteiger partial charge in [0.05, 0.1) is 11.6 Å². The van der Waals surface area contributed by atoms with Crippen molar-refractivity contribution in [1.82, 2.24) is 4.57 Å². The number of carbonyl (C=O) groups is 1.